The minimum absolute atomic E-state index is 0.00685. The smallest absolute Gasteiger partial charge is 0.266 e. The summed E-state index contributed by atoms with van der Waals surface area (Å²) in [5, 5.41) is 19.4. The number of nitriles is 1. The molecule has 146 valence electrons. The van der Waals surface area contributed by atoms with E-state index in [1.165, 1.54) is 13.2 Å². The monoisotopic (exact) mass is 394 g/mol. The summed E-state index contributed by atoms with van der Waals surface area (Å²) in [5.74, 6) is 0.256. The molecular formula is C25H18N2O3. The minimum Gasteiger partial charge on any atom is -0.504 e. The minimum atomic E-state index is -0.468. The first-order chi connectivity index (χ1) is 14.6. The number of aromatic hydroxyl groups is 1. The van der Waals surface area contributed by atoms with E-state index in [-0.39, 0.29) is 17.1 Å². The number of H-pyrrole nitrogens is 1. The van der Waals surface area contributed by atoms with Gasteiger partial charge in [-0.2, -0.15) is 5.26 Å². The Bertz CT molecular complexity index is 1300. The van der Waals surface area contributed by atoms with Crippen LogP contribution in [-0.4, -0.2) is 17.2 Å². The molecule has 4 rings (SSSR count). The molecule has 4 aromatic rings. The summed E-state index contributed by atoms with van der Waals surface area (Å²) in [5.41, 5.74) is 4.21. The third-order valence-corrected chi connectivity index (χ3v) is 4.94. The summed E-state index contributed by atoms with van der Waals surface area (Å²) in [6, 6.07) is 26.3. The second-order valence-corrected chi connectivity index (χ2v) is 6.74. The van der Waals surface area contributed by atoms with E-state index in [1.54, 1.807) is 18.2 Å². The second-order valence-electron chi connectivity index (χ2n) is 6.74. The van der Waals surface area contributed by atoms with E-state index < -0.39 is 5.56 Å². The lowest BCUT2D eigenvalue weighted by molar-refractivity contribution is 0.373. The van der Waals surface area contributed by atoms with E-state index in [0.717, 1.165) is 16.7 Å². The number of rotatable bonds is 4. The number of hydrogen-bond donors (Lipinski definition) is 2. The first-order valence-electron chi connectivity index (χ1n) is 9.31. The fourth-order valence-electron chi connectivity index (χ4n) is 3.37. The van der Waals surface area contributed by atoms with Gasteiger partial charge in [-0.1, -0.05) is 60.7 Å². The van der Waals surface area contributed by atoms with Gasteiger partial charge >= 0.3 is 0 Å². The Morgan fingerprint density at radius 2 is 1.50 bits per heavy atom. The van der Waals surface area contributed by atoms with Crippen LogP contribution in [0.1, 0.15) is 5.56 Å². The Morgan fingerprint density at radius 3 is 2.17 bits per heavy atom. The van der Waals surface area contributed by atoms with Gasteiger partial charge in [0.1, 0.15) is 11.6 Å². The van der Waals surface area contributed by atoms with Crippen LogP contribution in [0.2, 0.25) is 0 Å². The highest BCUT2D eigenvalue weighted by molar-refractivity contribution is 5.77. The number of aromatic nitrogens is 1. The summed E-state index contributed by atoms with van der Waals surface area (Å²) in [4.78, 5) is 15.4. The number of phenols is 1. The Labute approximate surface area is 173 Å². The van der Waals surface area contributed by atoms with Gasteiger partial charge in [-0.05, 0) is 40.5 Å². The van der Waals surface area contributed by atoms with E-state index in [4.69, 9.17) is 4.74 Å². The Hall–Kier alpha value is -4.30. The maximum Gasteiger partial charge on any atom is 0.266 e. The van der Waals surface area contributed by atoms with E-state index in [0.29, 0.717) is 16.8 Å². The highest BCUT2D eigenvalue weighted by Crippen LogP contribution is 2.33. The van der Waals surface area contributed by atoms with Gasteiger partial charge in [0.05, 0.1) is 7.11 Å². The van der Waals surface area contributed by atoms with Crippen molar-refractivity contribution in [2.45, 2.75) is 0 Å². The SMILES string of the molecule is COc1cc(-c2cc(-c3ccc(-c4ccccc4)cc3)[nH]c(=O)c2C#N)ccc1O. The lowest BCUT2D eigenvalue weighted by atomic mass is 9.97. The first kappa shape index (κ1) is 19.0. The first-order valence-corrected chi connectivity index (χ1v) is 9.31. The van der Waals surface area contributed by atoms with Crippen LogP contribution in [0, 0.1) is 11.3 Å². The number of benzene rings is 3. The molecule has 5 nitrogen and oxygen atoms in total. The molecule has 0 atom stereocenters. The fourth-order valence-corrected chi connectivity index (χ4v) is 3.37. The zero-order valence-electron chi connectivity index (χ0n) is 16.2. The number of ether oxygens (including phenoxy) is 1. The van der Waals surface area contributed by atoms with Crippen molar-refractivity contribution in [3.05, 3.63) is 94.8 Å². The molecule has 3 aromatic carbocycles. The van der Waals surface area contributed by atoms with Crippen molar-refractivity contribution < 1.29 is 9.84 Å². The van der Waals surface area contributed by atoms with Crippen LogP contribution in [0.3, 0.4) is 0 Å². The summed E-state index contributed by atoms with van der Waals surface area (Å²) >= 11 is 0. The molecule has 0 saturated carbocycles. The molecule has 0 amide bonds. The number of methoxy groups -OCH3 is 1. The molecule has 0 fully saturated rings. The average molecular weight is 394 g/mol. The molecule has 0 aliphatic heterocycles. The van der Waals surface area contributed by atoms with E-state index >= 15 is 0 Å². The predicted molar refractivity (Wildman–Crippen MR) is 116 cm³/mol. The zero-order valence-corrected chi connectivity index (χ0v) is 16.2. The summed E-state index contributed by atoms with van der Waals surface area (Å²) in [6.07, 6.45) is 0. The van der Waals surface area contributed by atoms with Crippen molar-refractivity contribution in [1.29, 1.82) is 5.26 Å². The van der Waals surface area contributed by atoms with Crippen molar-refractivity contribution in [2.24, 2.45) is 0 Å². The lowest BCUT2D eigenvalue weighted by Crippen LogP contribution is -2.12. The fraction of sp³-hybridized carbons (Fsp3) is 0.0400. The molecule has 2 N–H and O–H groups in total. The molecule has 0 spiro atoms. The van der Waals surface area contributed by atoms with Gasteiger partial charge < -0.3 is 14.8 Å². The highest BCUT2D eigenvalue weighted by atomic mass is 16.5. The molecule has 0 radical (unpaired) electrons. The Balaban J connectivity index is 1.81. The summed E-state index contributed by atoms with van der Waals surface area (Å²) < 4.78 is 5.16. The average Bonchev–Trinajstić information content (AvgIpc) is 2.79. The van der Waals surface area contributed by atoms with Crippen LogP contribution in [0.4, 0.5) is 0 Å². The second kappa shape index (κ2) is 7.98. The van der Waals surface area contributed by atoms with Crippen LogP contribution in [-0.2, 0) is 0 Å². The number of pyridine rings is 1. The van der Waals surface area contributed by atoms with Crippen molar-refractivity contribution >= 4 is 0 Å². The molecule has 0 unspecified atom stereocenters. The lowest BCUT2D eigenvalue weighted by Gasteiger charge is -2.11. The largest absolute Gasteiger partial charge is 0.504 e. The molecule has 0 aliphatic carbocycles. The van der Waals surface area contributed by atoms with Gasteiger partial charge in [-0.3, -0.25) is 4.79 Å². The highest BCUT2D eigenvalue weighted by Gasteiger charge is 2.14. The van der Waals surface area contributed by atoms with Gasteiger partial charge in [-0.25, -0.2) is 0 Å². The molecule has 0 aliphatic rings. The standard InChI is InChI=1S/C25H18N2O3/c1-30-24-13-19(11-12-23(24)28)20-14-22(27-25(29)21(20)15-26)18-9-7-17(8-10-18)16-5-3-2-4-6-16/h2-14,28H,1H3,(H,27,29). The van der Waals surface area contributed by atoms with Gasteiger partial charge in [0, 0.05) is 11.3 Å². The Morgan fingerprint density at radius 1 is 0.867 bits per heavy atom. The van der Waals surface area contributed by atoms with Crippen molar-refractivity contribution in [3.8, 4) is 51.1 Å². The third-order valence-electron chi connectivity index (χ3n) is 4.94. The maximum atomic E-state index is 12.6. The molecular weight excluding hydrogens is 376 g/mol. The molecule has 0 bridgehead atoms. The van der Waals surface area contributed by atoms with Crippen LogP contribution in [0.25, 0.3) is 33.5 Å². The van der Waals surface area contributed by atoms with Crippen LogP contribution >= 0.6 is 0 Å². The number of hydrogen-bond acceptors (Lipinski definition) is 4. The van der Waals surface area contributed by atoms with Gasteiger partial charge in [0.25, 0.3) is 5.56 Å². The predicted octanol–water partition coefficient (Wildman–Crippen LogP) is 4.96. The van der Waals surface area contributed by atoms with Crippen LogP contribution in [0.15, 0.2) is 83.7 Å². The van der Waals surface area contributed by atoms with E-state index in [9.17, 15) is 15.2 Å². The molecule has 1 aromatic heterocycles. The summed E-state index contributed by atoms with van der Waals surface area (Å²) in [6.45, 7) is 0. The molecule has 0 saturated heterocycles. The maximum absolute atomic E-state index is 12.6. The van der Waals surface area contributed by atoms with Crippen molar-refractivity contribution in [3.63, 3.8) is 0 Å². The third kappa shape index (κ3) is 3.54. The Kier molecular flexibility index (Phi) is 5.06. The summed E-state index contributed by atoms with van der Waals surface area (Å²) in [7, 11) is 1.45. The quantitative estimate of drug-likeness (QED) is 0.512. The molecule has 30 heavy (non-hydrogen) atoms. The number of phenolic OH excluding ortho intramolecular Hbond substituents is 1. The van der Waals surface area contributed by atoms with Crippen molar-refractivity contribution in [1.82, 2.24) is 4.98 Å². The zero-order chi connectivity index (χ0) is 21.1. The van der Waals surface area contributed by atoms with Crippen molar-refractivity contribution in [2.75, 3.05) is 7.11 Å². The normalized spacial score (nSPS) is 10.4. The van der Waals surface area contributed by atoms with E-state index in [2.05, 4.69) is 4.98 Å². The number of nitrogens with one attached hydrogen (secondary N) is 1. The van der Waals surface area contributed by atoms with Gasteiger partial charge in [-0.15, -0.1) is 0 Å². The van der Waals surface area contributed by atoms with Crippen LogP contribution in [0.5, 0.6) is 11.5 Å². The van der Waals surface area contributed by atoms with Crippen LogP contribution < -0.4 is 10.3 Å². The number of nitrogens with zero attached hydrogens (tertiary/aromatic N) is 1. The topological polar surface area (TPSA) is 86.1 Å². The molecule has 1 heterocycles. The van der Waals surface area contributed by atoms with Gasteiger partial charge in [0.2, 0.25) is 0 Å². The van der Waals surface area contributed by atoms with Gasteiger partial charge in [0.15, 0.2) is 11.5 Å². The number of aromatic amines is 1. The molecule has 5 heteroatoms. The van der Waals surface area contributed by atoms with E-state index in [1.807, 2.05) is 60.7 Å².